The lowest BCUT2D eigenvalue weighted by Crippen LogP contribution is -1.99. The van der Waals surface area contributed by atoms with Crippen molar-refractivity contribution in [2.75, 3.05) is 7.11 Å². The Kier molecular flexibility index (Phi) is 3.41. The Bertz CT molecular complexity index is 306. The van der Waals surface area contributed by atoms with Gasteiger partial charge in [-0.2, -0.15) is 0 Å². The third-order valence-corrected chi connectivity index (χ3v) is 1.70. The standard InChI is InChI=1S/C8H7O4P/c1-11-8(9)6-2-4-7(5-3-6)12-13-10/h2-5H,1H3. The molecule has 0 bridgehead atoms. The lowest BCUT2D eigenvalue weighted by molar-refractivity contribution is 0.0601. The van der Waals surface area contributed by atoms with Gasteiger partial charge in [-0.1, -0.05) is 0 Å². The summed E-state index contributed by atoms with van der Waals surface area (Å²) < 4.78 is 19.2. The van der Waals surface area contributed by atoms with Crippen molar-refractivity contribution >= 4 is 14.7 Å². The van der Waals surface area contributed by atoms with Crippen molar-refractivity contribution in [3.63, 3.8) is 0 Å². The summed E-state index contributed by atoms with van der Waals surface area (Å²) in [4.78, 5) is 11.0. The Morgan fingerprint density at radius 1 is 1.31 bits per heavy atom. The van der Waals surface area contributed by atoms with E-state index in [-0.39, 0.29) is 0 Å². The van der Waals surface area contributed by atoms with E-state index < -0.39 is 14.7 Å². The highest BCUT2D eigenvalue weighted by atomic mass is 31.1. The predicted molar refractivity (Wildman–Crippen MR) is 46.0 cm³/mol. The molecule has 0 radical (unpaired) electrons. The summed E-state index contributed by atoms with van der Waals surface area (Å²) in [5.74, 6) is 0.0237. The quantitative estimate of drug-likeness (QED) is 0.551. The van der Waals surface area contributed by atoms with Gasteiger partial charge in [0.1, 0.15) is 5.75 Å². The van der Waals surface area contributed by atoms with Gasteiger partial charge in [0.2, 0.25) is 0 Å². The van der Waals surface area contributed by atoms with Crippen LogP contribution in [0.5, 0.6) is 5.75 Å². The first-order valence-electron chi connectivity index (χ1n) is 3.46. The fourth-order valence-corrected chi connectivity index (χ4v) is 1.02. The predicted octanol–water partition coefficient (Wildman–Crippen LogP) is 2.06. The fraction of sp³-hybridized carbons (Fsp3) is 0.125. The minimum absolute atomic E-state index is 0.411. The molecule has 13 heavy (non-hydrogen) atoms. The van der Waals surface area contributed by atoms with E-state index in [0.29, 0.717) is 11.3 Å². The van der Waals surface area contributed by atoms with Crippen molar-refractivity contribution in [2.24, 2.45) is 0 Å². The van der Waals surface area contributed by atoms with Crippen LogP contribution in [0.4, 0.5) is 0 Å². The van der Waals surface area contributed by atoms with Gasteiger partial charge in [0.05, 0.1) is 12.7 Å². The van der Waals surface area contributed by atoms with Crippen molar-refractivity contribution in [2.45, 2.75) is 0 Å². The highest BCUT2D eigenvalue weighted by Gasteiger charge is 2.04. The molecule has 0 aliphatic heterocycles. The third-order valence-electron chi connectivity index (χ3n) is 1.42. The molecule has 4 nitrogen and oxygen atoms in total. The Hall–Kier alpha value is -1.41. The fourth-order valence-electron chi connectivity index (χ4n) is 0.813. The van der Waals surface area contributed by atoms with Crippen molar-refractivity contribution in [1.29, 1.82) is 0 Å². The smallest absolute Gasteiger partial charge is 0.395 e. The maximum absolute atomic E-state index is 11.0. The normalized spacial score (nSPS) is 9.62. The van der Waals surface area contributed by atoms with Gasteiger partial charge in [0, 0.05) is 0 Å². The first-order chi connectivity index (χ1) is 6.27. The van der Waals surface area contributed by atoms with Crippen LogP contribution in [0.15, 0.2) is 24.3 Å². The molecule has 0 unspecified atom stereocenters. The molecule has 1 aromatic rings. The Balaban J connectivity index is 2.80. The summed E-state index contributed by atoms with van der Waals surface area (Å²) in [5, 5.41) is 0. The SMILES string of the molecule is COC(=O)c1ccc(OP=O)cc1. The van der Waals surface area contributed by atoms with E-state index in [1.165, 1.54) is 31.4 Å². The van der Waals surface area contributed by atoms with Gasteiger partial charge in [-0.15, -0.1) is 0 Å². The van der Waals surface area contributed by atoms with E-state index >= 15 is 0 Å². The average molecular weight is 198 g/mol. The van der Waals surface area contributed by atoms with Gasteiger partial charge in [0.25, 0.3) is 0 Å². The Morgan fingerprint density at radius 2 is 1.92 bits per heavy atom. The molecule has 0 atom stereocenters. The largest absolute Gasteiger partial charge is 0.465 e. The minimum Gasteiger partial charge on any atom is -0.465 e. The van der Waals surface area contributed by atoms with E-state index in [1.54, 1.807) is 0 Å². The summed E-state index contributed by atoms with van der Waals surface area (Å²) in [6.45, 7) is 0. The number of hydrogen-bond acceptors (Lipinski definition) is 4. The average Bonchev–Trinajstić information content (AvgIpc) is 2.18. The van der Waals surface area contributed by atoms with Crippen LogP contribution in [-0.2, 0) is 9.30 Å². The monoisotopic (exact) mass is 198 g/mol. The highest BCUT2D eigenvalue weighted by Crippen LogP contribution is 2.15. The van der Waals surface area contributed by atoms with E-state index in [0.717, 1.165) is 0 Å². The summed E-state index contributed by atoms with van der Waals surface area (Å²) in [7, 11) is 0.893. The topological polar surface area (TPSA) is 52.6 Å². The molecule has 1 aromatic carbocycles. The second kappa shape index (κ2) is 4.58. The molecule has 5 heteroatoms. The number of carbonyl (C=O) groups excluding carboxylic acids is 1. The van der Waals surface area contributed by atoms with Crippen molar-refractivity contribution < 1.29 is 18.6 Å². The van der Waals surface area contributed by atoms with Crippen LogP contribution < -0.4 is 4.52 Å². The van der Waals surface area contributed by atoms with Gasteiger partial charge >= 0.3 is 14.7 Å². The van der Waals surface area contributed by atoms with Crippen LogP contribution in [0.3, 0.4) is 0 Å². The molecule has 0 saturated carbocycles. The molecule has 0 aliphatic rings. The molecule has 1 rings (SSSR count). The van der Waals surface area contributed by atoms with E-state index in [4.69, 9.17) is 0 Å². The number of ether oxygens (including phenoxy) is 1. The number of benzene rings is 1. The first-order valence-corrected chi connectivity index (χ1v) is 4.19. The van der Waals surface area contributed by atoms with Gasteiger partial charge in [0.15, 0.2) is 0 Å². The molecule has 68 valence electrons. The van der Waals surface area contributed by atoms with E-state index in [1.807, 2.05) is 0 Å². The van der Waals surface area contributed by atoms with Crippen LogP contribution in [0.25, 0.3) is 0 Å². The summed E-state index contributed by atoms with van der Waals surface area (Å²) in [6.07, 6.45) is 0. The second-order valence-corrected chi connectivity index (χ2v) is 2.51. The number of esters is 1. The van der Waals surface area contributed by atoms with Crippen LogP contribution in [0, 0.1) is 0 Å². The van der Waals surface area contributed by atoms with Crippen LogP contribution in [0.1, 0.15) is 10.4 Å². The highest BCUT2D eigenvalue weighted by molar-refractivity contribution is 7.17. The zero-order valence-corrected chi connectivity index (χ0v) is 7.78. The van der Waals surface area contributed by atoms with Crippen molar-refractivity contribution in [3.05, 3.63) is 29.8 Å². The minimum atomic E-state index is -0.415. The van der Waals surface area contributed by atoms with Gasteiger partial charge in [-0.3, -0.25) is 0 Å². The molecule has 0 aromatic heterocycles. The van der Waals surface area contributed by atoms with Crippen molar-refractivity contribution in [3.8, 4) is 5.75 Å². The lowest BCUT2D eigenvalue weighted by Gasteiger charge is -1.99. The van der Waals surface area contributed by atoms with E-state index in [2.05, 4.69) is 9.26 Å². The molecule has 0 fully saturated rings. The van der Waals surface area contributed by atoms with Gasteiger partial charge < -0.3 is 9.26 Å². The summed E-state index contributed by atoms with van der Waals surface area (Å²) in [5.41, 5.74) is 0.428. The molecule has 0 aliphatic carbocycles. The zero-order valence-electron chi connectivity index (χ0n) is 6.89. The molecule has 0 N–H and O–H groups in total. The molecule has 0 heterocycles. The molecule has 0 amide bonds. The lowest BCUT2D eigenvalue weighted by atomic mass is 10.2. The van der Waals surface area contributed by atoms with Crippen LogP contribution in [0.2, 0.25) is 0 Å². The second-order valence-electron chi connectivity index (χ2n) is 2.18. The van der Waals surface area contributed by atoms with E-state index in [9.17, 15) is 9.36 Å². The Labute approximate surface area is 76.8 Å². The maximum Gasteiger partial charge on any atom is 0.395 e. The number of carbonyl (C=O) groups is 1. The van der Waals surface area contributed by atoms with Gasteiger partial charge in [-0.05, 0) is 24.3 Å². The first kappa shape index (κ1) is 9.68. The number of rotatable bonds is 3. The number of methoxy groups -OCH3 is 1. The third kappa shape index (κ3) is 2.53. The zero-order chi connectivity index (χ0) is 9.68. The molecule has 0 saturated heterocycles. The van der Waals surface area contributed by atoms with Crippen LogP contribution >= 0.6 is 8.69 Å². The Morgan fingerprint density at radius 3 is 2.38 bits per heavy atom. The molecule has 0 spiro atoms. The summed E-state index contributed by atoms with van der Waals surface area (Å²) in [6, 6.07) is 6.15. The number of hydrogen-bond donors (Lipinski definition) is 0. The van der Waals surface area contributed by atoms with Gasteiger partial charge in [-0.25, -0.2) is 9.36 Å². The molecular weight excluding hydrogens is 191 g/mol. The van der Waals surface area contributed by atoms with Crippen LogP contribution in [-0.4, -0.2) is 13.1 Å². The summed E-state index contributed by atoms with van der Waals surface area (Å²) >= 11 is 0. The van der Waals surface area contributed by atoms with Crippen molar-refractivity contribution in [1.82, 2.24) is 0 Å². The molecular formula is C8H7O4P. The maximum atomic E-state index is 11.0.